The first-order valence-electron chi connectivity index (χ1n) is 8.13. The van der Waals surface area contributed by atoms with Gasteiger partial charge < -0.3 is 19.9 Å². The maximum Gasteiger partial charge on any atom is 0.162 e. The molecule has 0 bridgehead atoms. The van der Waals surface area contributed by atoms with Crippen LogP contribution in [-0.4, -0.2) is 24.9 Å². The van der Waals surface area contributed by atoms with Crippen molar-refractivity contribution in [3.63, 3.8) is 0 Å². The molecule has 2 aromatic rings. The van der Waals surface area contributed by atoms with Crippen LogP contribution in [0.25, 0.3) is 0 Å². The van der Waals surface area contributed by atoms with E-state index in [1.165, 1.54) is 5.56 Å². The molecular formula is C19H24BrNO3. The Labute approximate surface area is 151 Å². The van der Waals surface area contributed by atoms with Crippen LogP contribution < -0.4 is 14.8 Å². The minimum absolute atomic E-state index is 0.0267. The standard InChI is InChI=1S/C19H24BrNO3/c1-3-23-18-11-16(17(20)12-19(18)24-10-9-22)13-21-14(2)15-7-5-4-6-8-15/h4-8,11-12,14,21-22H,3,9-10,13H2,1-2H3. The molecule has 4 nitrogen and oxygen atoms in total. The Balaban J connectivity index is 2.10. The molecular weight excluding hydrogens is 370 g/mol. The Morgan fingerprint density at radius 1 is 1.12 bits per heavy atom. The highest BCUT2D eigenvalue weighted by Crippen LogP contribution is 2.34. The molecule has 0 aliphatic rings. The second kappa shape index (κ2) is 9.67. The van der Waals surface area contributed by atoms with Gasteiger partial charge in [-0.05, 0) is 37.1 Å². The van der Waals surface area contributed by atoms with E-state index < -0.39 is 0 Å². The fourth-order valence-electron chi connectivity index (χ4n) is 2.37. The van der Waals surface area contributed by atoms with Crippen molar-refractivity contribution in [1.29, 1.82) is 0 Å². The van der Waals surface area contributed by atoms with Gasteiger partial charge in [-0.25, -0.2) is 0 Å². The van der Waals surface area contributed by atoms with Gasteiger partial charge in [-0.3, -0.25) is 0 Å². The van der Waals surface area contributed by atoms with E-state index in [9.17, 15) is 0 Å². The summed E-state index contributed by atoms with van der Waals surface area (Å²) in [6, 6.07) is 14.5. The minimum Gasteiger partial charge on any atom is -0.490 e. The van der Waals surface area contributed by atoms with Crippen molar-refractivity contribution in [2.45, 2.75) is 26.4 Å². The molecule has 2 rings (SSSR count). The van der Waals surface area contributed by atoms with Gasteiger partial charge in [-0.1, -0.05) is 46.3 Å². The summed E-state index contributed by atoms with van der Waals surface area (Å²) in [5.41, 5.74) is 2.35. The number of halogens is 1. The molecule has 2 N–H and O–H groups in total. The zero-order chi connectivity index (χ0) is 17.4. The van der Waals surface area contributed by atoms with Crippen molar-refractivity contribution in [3.05, 3.63) is 58.1 Å². The summed E-state index contributed by atoms with van der Waals surface area (Å²) in [5.74, 6) is 1.33. The predicted molar refractivity (Wildman–Crippen MR) is 99.6 cm³/mol. The number of aliphatic hydroxyl groups excluding tert-OH is 1. The minimum atomic E-state index is -0.0267. The maximum atomic E-state index is 8.94. The molecule has 0 saturated heterocycles. The average molecular weight is 394 g/mol. The van der Waals surface area contributed by atoms with Crippen LogP contribution in [0.2, 0.25) is 0 Å². The van der Waals surface area contributed by atoms with Gasteiger partial charge in [-0.2, -0.15) is 0 Å². The third kappa shape index (κ3) is 5.23. The van der Waals surface area contributed by atoms with Crippen LogP contribution in [-0.2, 0) is 6.54 Å². The van der Waals surface area contributed by atoms with E-state index in [0.717, 1.165) is 10.0 Å². The summed E-state index contributed by atoms with van der Waals surface area (Å²) in [7, 11) is 0. The number of rotatable bonds is 9. The second-order valence-corrected chi connectivity index (χ2v) is 6.26. The summed E-state index contributed by atoms with van der Waals surface area (Å²) >= 11 is 3.59. The average Bonchev–Trinajstić information content (AvgIpc) is 2.61. The SMILES string of the molecule is CCOc1cc(CNC(C)c2ccccc2)c(Br)cc1OCCO. The molecule has 2 aromatic carbocycles. The summed E-state index contributed by atoms with van der Waals surface area (Å²) in [6.07, 6.45) is 0. The van der Waals surface area contributed by atoms with Crippen LogP contribution in [0, 0.1) is 0 Å². The lowest BCUT2D eigenvalue weighted by Gasteiger charge is -2.17. The molecule has 5 heteroatoms. The highest BCUT2D eigenvalue weighted by molar-refractivity contribution is 9.10. The number of benzene rings is 2. The third-order valence-corrected chi connectivity index (χ3v) is 4.40. The molecule has 1 unspecified atom stereocenters. The predicted octanol–water partition coefficient (Wildman–Crippen LogP) is 4.07. The second-order valence-electron chi connectivity index (χ2n) is 5.41. The summed E-state index contributed by atoms with van der Waals surface area (Å²) in [4.78, 5) is 0. The highest BCUT2D eigenvalue weighted by Gasteiger charge is 2.12. The van der Waals surface area contributed by atoms with Gasteiger partial charge in [-0.15, -0.1) is 0 Å². The molecule has 0 aliphatic carbocycles. The summed E-state index contributed by atoms with van der Waals surface area (Å²) < 4.78 is 12.2. The van der Waals surface area contributed by atoms with Crippen molar-refractivity contribution >= 4 is 15.9 Å². The van der Waals surface area contributed by atoms with Gasteiger partial charge in [0.25, 0.3) is 0 Å². The van der Waals surface area contributed by atoms with Crippen LogP contribution in [0.5, 0.6) is 11.5 Å². The Bertz CT molecular complexity index is 634. The van der Waals surface area contributed by atoms with E-state index in [2.05, 4.69) is 40.3 Å². The molecule has 0 aliphatic heterocycles. The van der Waals surface area contributed by atoms with Gasteiger partial charge in [0, 0.05) is 17.1 Å². The molecule has 0 amide bonds. The van der Waals surface area contributed by atoms with E-state index >= 15 is 0 Å². The molecule has 0 fully saturated rings. The first kappa shape index (κ1) is 18.8. The van der Waals surface area contributed by atoms with E-state index in [1.54, 1.807) is 0 Å². The Morgan fingerprint density at radius 2 is 1.83 bits per heavy atom. The van der Waals surface area contributed by atoms with Crippen LogP contribution in [0.1, 0.15) is 31.0 Å². The zero-order valence-corrected chi connectivity index (χ0v) is 15.7. The number of hydrogen-bond acceptors (Lipinski definition) is 4. The molecule has 130 valence electrons. The van der Waals surface area contributed by atoms with Crippen molar-refractivity contribution in [2.75, 3.05) is 19.8 Å². The highest BCUT2D eigenvalue weighted by atomic mass is 79.9. The molecule has 0 aromatic heterocycles. The first-order chi connectivity index (χ1) is 11.7. The monoisotopic (exact) mass is 393 g/mol. The fraction of sp³-hybridized carbons (Fsp3) is 0.368. The van der Waals surface area contributed by atoms with E-state index in [1.807, 2.05) is 37.3 Å². The van der Waals surface area contributed by atoms with Crippen molar-refractivity contribution in [2.24, 2.45) is 0 Å². The summed E-state index contributed by atoms with van der Waals surface area (Å²) in [5, 5.41) is 12.5. The van der Waals surface area contributed by atoms with E-state index in [-0.39, 0.29) is 19.3 Å². The summed E-state index contributed by atoms with van der Waals surface area (Å²) in [6.45, 7) is 5.57. The van der Waals surface area contributed by atoms with E-state index in [0.29, 0.717) is 24.7 Å². The van der Waals surface area contributed by atoms with Gasteiger partial charge >= 0.3 is 0 Å². The van der Waals surface area contributed by atoms with Gasteiger partial charge in [0.05, 0.1) is 13.2 Å². The number of hydrogen-bond donors (Lipinski definition) is 2. The van der Waals surface area contributed by atoms with Gasteiger partial charge in [0.2, 0.25) is 0 Å². The normalized spacial score (nSPS) is 12.0. The number of nitrogens with one attached hydrogen (secondary N) is 1. The maximum absolute atomic E-state index is 8.94. The van der Waals surface area contributed by atoms with Gasteiger partial charge in [0.1, 0.15) is 6.61 Å². The quantitative estimate of drug-likeness (QED) is 0.673. The fourth-order valence-corrected chi connectivity index (χ4v) is 2.83. The third-order valence-electron chi connectivity index (χ3n) is 3.66. The number of ether oxygens (including phenoxy) is 2. The van der Waals surface area contributed by atoms with Crippen LogP contribution in [0.4, 0.5) is 0 Å². The molecule has 0 heterocycles. The Morgan fingerprint density at radius 3 is 2.50 bits per heavy atom. The lowest BCUT2D eigenvalue weighted by atomic mass is 10.1. The largest absolute Gasteiger partial charge is 0.490 e. The molecule has 24 heavy (non-hydrogen) atoms. The Kier molecular flexibility index (Phi) is 7.56. The molecule has 0 radical (unpaired) electrons. The topological polar surface area (TPSA) is 50.7 Å². The Hall–Kier alpha value is -1.56. The smallest absolute Gasteiger partial charge is 0.162 e. The van der Waals surface area contributed by atoms with Crippen LogP contribution in [0.15, 0.2) is 46.9 Å². The van der Waals surface area contributed by atoms with Crippen LogP contribution in [0.3, 0.4) is 0 Å². The number of aliphatic hydroxyl groups is 1. The lowest BCUT2D eigenvalue weighted by molar-refractivity contribution is 0.194. The lowest BCUT2D eigenvalue weighted by Crippen LogP contribution is -2.18. The molecule has 0 saturated carbocycles. The van der Waals surface area contributed by atoms with Crippen molar-refractivity contribution < 1.29 is 14.6 Å². The molecule has 0 spiro atoms. The molecule has 1 atom stereocenters. The first-order valence-corrected chi connectivity index (χ1v) is 8.92. The zero-order valence-electron chi connectivity index (χ0n) is 14.1. The van der Waals surface area contributed by atoms with Crippen molar-refractivity contribution in [3.8, 4) is 11.5 Å². The van der Waals surface area contributed by atoms with Gasteiger partial charge in [0.15, 0.2) is 11.5 Å². The van der Waals surface area contributed by atoms with E-state index in [4.69, 9.17) is 14.6 Å². The van der Waals surface area contributed by atoms with Crippen molar-refractivity contribution in [1.82, 2.24) is 5.32 Å². The van der Waals surface area contributed by atoms with Crippen LogP contribution >= 0.6 is 15.9 Å².